The normalized spacial score (nSPS) is 11.0. The van der Waals surface area contributed by atoms with Gasteiger partial charge in [-0.15, -0.1) is 0 Å². The van der Waals surface area contributed by atoms with Gasteiger partial charge in [-0.3, -0.25) is 4.79 Å². The Bertz CT molecular complexity index is 512. The first-order chi connectivity index (χ1) is 9.71. The molecule has 0 aliphatic heterocycles. The van der Waals surface area contributed by atoms with Crippen LogP contribution in [-0.2, 0) is 11.2 Å². The highest BCUT2D eigenvalue weighted by Gasteiger charge is 2.28. The number of amides is 2. The molecule has 0 unspecified atom stereocenters. The maximum absolute atomic E-state index is 13.4. The van der Waals surface area contributed by atoms with E-state index in [4.69, 9.17) is 5.11 Å². The number of carboxylic acid groups (broad SMARTS) is 1. The largest absolute Gasteiger partial charge is 0.480 e. The molecule has 21 heavy (non-hydrogen) atoms. The van der Waals surface area contributed by atoms with E-state index in [1.54, 1.807) is 39.0 Å². The number of hydrogen-bond acceptors (Lipinski definition) is 2. The van der Waals surface area contributed by atoms with Crippen molar-refractivity contribution in [2.24, 2.45) is 0 Å². The second-order valence-corrected chi connectivity index (χ2v) is 5.72. The first-order valence-electron chi connectivity index (χ1n) is 6.72. The number of carbonyl (C=O) groups is 2. The van der Waals surface area contributed by atoms with Crippen molar-refractivity contribution in [2.75, 3.05) is 13.1 Å². The summed E-state index contributed by atoms with van der Waals surface area (Å²) >= 11 is 0. The highest BCUT2D eigenvalue weighted by Crippen LogP contribution is 2.13. The van der Waals surface area contributed by atoms with E-state index in [-0.39, 0.29) is 18.9 Å². The Morgan fingerprint density at radius 2 is 1.90 bits per heavy atom. The van der Waals surface area contributed by atoms with Gasteiger partial charge in [-0.2, -0.15) is 0 Å². The number of halogens is 1. The first-order valence-corrected chi connectivity index (χ1v) is 6.72. The van der Waals surface area contributed by atoms with E-state index in [1.165, 1.54) is 11.0 Å². The third kappa shape index (κ3) is 5.41. The third-order valence-electron chi connectivity index (χ3n) is 2.98. The lowest BCUT2D eigenvalue weighted by atomic mass is 10.1. The van der Waals surface area contributed by atoms with Crippen LogP contribution in [0.1, 0.15) is 26.3 Å². The van der Waals surface area contributed by atoms with Crippen LogP contribution in [0.2, 0.25) is 0 Å². The van der Waals surface area contributed by atoms with Crippen molar-refractivity contribution in [3.05, 3.63) is 35.6 Å². The Morgan fingerprint density at radius 3 is 2.43 bits per heavy atom. The SMILES string of the molecule is CC(C)(C)N(CC(=O)O)C(=O)NCCc1ccccc1F. The summed E-state index contributed by atoms with van der Waals surface area (Å²) in [5, 5.41) is 11.5. The van der Waals surface area contributed by atoms with Gasteiger partial charge < -0.3 is 15.3 Å². The van der Waals surface area contributed by atoms with E-state index >= 15 is 0 Å². The molecule has 0 aliphatic carbocycles. The number of rotatable bonds is 5. The average Bonchev–Trinajstić information content (AvgIpc) is 2.36. The molecule has 1 aromatic rings. The minimum Gasteiger partial charge on any atom is -0.480 e. The number of carbonyl (C=O) groups excluding carboxylic acids is 1. The van der Waals surface area contributed by atoms with Crippen molar-refractivity contribution in [3.8, 4) is 0 Å². The zero-order valence-corrected chi connectivity index (χ0v) is 12.5. The van der Waals surface area contributed by atoms with E-state index in [0.717, 1.165) is 0 Å². The second kappa shape index (κ2) is 7.06. The summed E-state index contributed by atoms with van der Waals surface area (Å²) in [4.78, 5) is 24.1. The van der Waals surface area contributed by atoms with Gasteiger partial charge in [0.05, 0.1) is 0 Å². The van der Waals surface area contributed by atoms with Gasteiger partial charge in [0.1, 0.15) is 12.4 Å². The van der Waals surface area contributed by atoms with Gasteiger partial charge in [-0.05, 0) is 38.8 Å². The van der Waals surface area contributed by atoms with Crippen LogP contribution >= 0.6 is 0 Å². The minimum absolute atomic E-state index is 0.242. The van der Waals surface area contributed by atoms with Crippen molar-refractivity contribution in [1.29, 1.82) is 0 Å². The molecule has 2 amide bonds. The number of nitrogens with zero attached hydrogens (tertiary/aromatic N) is 1. The molecule has 0 radical (unpaired) electrons. The summed E-state index contributed by atoms with van der Waals surface area (Å²) in [6.45, 7) is 5.13. The van der Waals surface area contributed by atoms with Gasteiger partial charge in [0.2, 0.25) is 0 Å². The standard InChI is InChI=1S/C15H21FN2O3/c1-15(2,3)18(10-13(19)20)14(21)17-9-8-11-6-4-5-7-12(11)16/h4-7H,8-10H2,1-3H3,(H,17,21)(H,19,20). The fraction of sp³-hybridized carbons (Fsp3) is 0.467. The monoisotopic (exact) mass is 296 g/mol. The van der Waals surface area contributed by atoms with Gasteiger partial charge in [-0.1, -0.05) is 18.2 Å². The van der Waals surface area contributed by atoms with Crippen LogP contribution < -0.4 is 5.32 Å². The van der Waals surface area contributed by atoms with E-state index in [2.05, 4.69) is 5.32 Å². The molecule has 0 heterocycles. The molecular formula is C15H21FN2O3. The molecule has 1 aromatic carbocycles. The van der Waals surface area contributed by atoms with Gasteiger partial charge in [0, 0.05) is 12.1 Å². The van der Waals surface area contributed by atoms with E-state index in [0.29, 0.717) is 12.0 Å². The first kappa shape index (κ1) is 16.9. The molecule has 0 atom stereocenters. The third-order valence-corrected chi connectivity index (χ3v) is 2.98. The zero-order chi connectivity index (χ0) is 16.0. The van der Waals surface area contributed by atoms with Crippen molar-refractivity contribution >= 4 is 12.0 Å². The van der Waals surface area contributed by atoms with Crippen LogP contribution in [0.25, 0.3) is 0 Å². The lowest BCUT2D eigenvalue weighted by Gasteiger charge is -2.34. The molecule has 6 heteroatoms. The van der Waals surface area contributed by atoms with Crippen molar-refractivity contribution in [1.82, 2.24) is 10.2 Å². The Kier molecular flexibility index (Phi) is 5.69. The highest BCUT2D eigenvalue weighted by atomic mass is 19.1. The molecule has 0 saturated carbocycles. The van der Waals surface area contributed by atoms with Gasteiger partial charge in [0.25, 0.3) is 0 Å². The summed E-state index contributed by atoms with van der Waals surface area (Å²) in [6.07, 6.45) is 0.351. The minimum atomic E-state index is -1.07. The number of benzene rings is 1. The summed E-state index contributed by atoms with van der Waals surface area (Å²) in [6, 6.07) is 5.88. The van der Waals surface area contributed by atoms with E-state index in [1.807, 2.05) is 0 Å². The van der Waals surface area contributed by atoms with Crippen LogP contribution in [0.15, 0.2) is 24.3 Å². The molecule has 0 fully saturated rings. The van der Waals surface area contributed by atoms with E-state index < -0.39 is 17.5 Å². The Labute approximate surface area is 123 Å². The molecule has 1 rings (SSSR count). The quantitative estimate of drug-likeness (QED) is 0.875. The molecule has 0 spiro atoms. The summed E-state index contributed by atoms with van der Waals surface area (Å²) in [7, 11) is 0. The summed E-state index contributed by atoms with van der Waals surface area (Å²) in [5.74, 6) is -1.39. The summed E-state index contributed by atoms with van der Waals surface area (Å²) in [5.41, 5.74) is -0.0983. The predicted molar refractivity (Wildman–Crippen MR) is 77.6 cm³/mol. The lowest BCUT2D eigenvalue weighted by molar-refractivity contribution is -0.138. The molecule has 116 valence electrons. The summed E-state index contributed by atoms with van der Waals surface area (Å²) < 4.78 is 13.4. The predicted octanol–water partition coefficient (Wildman–Crippen LogP) is 2.26. The van der Waals surface area contributed by atoms with Crippen molar-refractivity contribution in [2.45, 2.75) is 32.7 Å². The topological polar surface area (TPSA) is 69.6 Å². The number of aliphatic carboxylic acids is 1. The Morgan fingerprint density at radius 1 is 1.29 bits per heavy atom. The lowest BCUT2D eigenvalue weighted by Crippen LogP contribution is -2.52. The van der Waals surface area contributed by atoms with Crippen LogP contribution in [0.4, 0.5) is 9.18 Å². The fourth-order valence-electron chi connectivity index (χ4n) is 1.85. The maximum atomic E-state index is 13.4. The average molecular weight is 296 g/mol. The Hall–Kier alpha value is -2.11. The molecule has 5 nitrogen and oxygen atoms in total. The molecule has 0 saturated heterocycles. The molecule has 2 N–H and O–H groups in total. The molecular weight excluding hydrogens is 275 g/mol. The molecule has 0 bridgehead atoms. The maximum Gasteiger partial charge on any atom is 0.323 e. The number of hydrogen-bond donors (Lipinski definition) is 2. The van der Waals surface area contributed by atoms with Crippen LogP contribution in [0.3, 0.4) is 0 Å². The highest BCUT2D eigenvalue weighted by molar-refractivity contribution is 5.80. The Balaban J connectivity index is 2.58. The van der Waals surface area contributed by atoms with Gasteiger partial charge in [-0.25, -0.2) is 9.18 Å². The van der Waals surface area contributed by atoms with Crippen molar-refractivity contribution < 1.29 is 19.1 Å². The van der Waals surface area contributed by atoms with E-state index in [9.17, 15) is 14.0 Å². The van der Waals surface area contributed by atoms with Crippen LogP contribution in [0, 0.1) is 5.82 Å². The zero-order valence-electron chi connectivity index (χ0n) is 12.5. The fourth-order valence-corrected chi connectivity index (χ4v) is 1.85. The van der Waals surface area contributed by atoms with Crippen LogP contribution in [0.5, 0.6) is 0 Å². The number of carboxylic acids is 1. The van der Waals surface area contributed by atoms with Gasteiger partial charge >= 0.3 is 12.0 Å². The number of urea groups is 1. The van der Waals surface area contributed by atoms with Crippen molar-refractivity contribution in [3.63, 3.8) is 0 Å². The second-order valence-electron chi connectivity index (χ2n) is 5.72. The van der Waals surface area contributed by atoms with Crippen LogP contribution in [-0.4, -0.2) is 40.6 Å². The van der Waals surface area contributed by atoms with Gasteiger partial charge in [0.15, 0.2) is 0 Å². The smallest absolute Gasteiger partial charge is 0.323 e. The molecule has 0 aromatic heterocycles. The number of nitrogens with one attached hydrogen (secondary N) is 1. The molecule has 0 aliphatic rings.